The molecule has 0 bridgehead atoms. The van der Waals surface area contributed by atoms with Gasteiger partial charge in [0.05, 0.1) is 12.2 Å². The fraction of sp³-hybridized carbons (Fsp3) is 0.261. The summed E-state index contributed by atoms with van der Waals surface area (Å²) < 4.78 is 13.4. The minimum atomic E-state index is -0.479. The number of halogens is 1. The number of anilines is 2. The quantitative estimate of drug-likeness (QED) is 0.657. The van der Waals surface area contributed by atoms with E-state index < -0.39 is 6.04 Å². The van der Waals surface area contributed by atoms with Crippen LogP contribution in [-0.4, -0.2) is 44.3 Å². The van der Waals surface area contributed by atoms with E-state index >= 15 is 0 Å². The molecule has 1 saturated heterocycles. The van der Waals surface area contributed by atoms with Gasteiger partial charge >= 0.3 is 0 Å². The fourth-order valence-corrected chi connectivity index (χ4v) is 4.02. The second-order valence-corrected chi connectivity index (χ2v) is 7.86. The van der Waals surface area contributed by atoms with Gasteiger partial charge in [-0.05, 0) is 42.8 Å². The number of carbonyl (C=O) groups is 2. The summed E-state index contributed by atoms with van der Waals surface area (Å²) in [6.07, 6.45) is 4.83. The number of aromatic nitrogens is 3. The van der Waals surface area contributed by atoms with Crippen LogP contribution in [0.4, 0.5) is 15.9 Å². The molecule has 3 aromatic rings. The molecule has 1 aromatic carbocycles. The average Bonchev–Trinajstić information content (AvgIpc) is 3.26. The molecule has 2 aliphatic rings. The molecule has 2 aromatic heterocycles. The SMILES string of the molecule is O=C1CCC(C(=O)N2CCc3nc(-c4cccnc4)nc(Nc4ccc(F)cc4)c3C2)N1. The Bertz CT molecular complexity index is 1170. The van der Waals surface area contributed by atoms with Crippen molar-refractivity contribution in [3.05, 3.63) is 65.9 Å². The first-order valence-electron chi connectivity index (χ1n) is 10.5. The van der Waals surface area contributed by atoms with Crippen LogP contribution in [0.1, 0.15) is 24.1 Å². The zero-order valence-corrected chi connectivity index (χ0v) is 17.2. The minimum absolute atomic E-state index is 0.0921. The highest BCUT2D eigenvalue weighted by Gasteiger charge is 2.33. The van der Waals surface area contributed by atoms with Gasteiger partial charge in [-0.25, -0.2) is 14.4 Å². The highest BCUT2D eigenvalue weighted by atomic mass is 19.1. The van der Waals surface area contributed by atoms with Crippen LogP contribution in [-0.2, 0) is 22.6 Å². The maximum absolute atomic E-state index is 13.4. The lowest BCUT2D eigenvalue weighted by atomic mass is 10.0. The topological polar surface area (TPSA) is 100 Å². The predicted molar refractivity (Wildman–Crippen MR) is 115 cm³/mol. The number of pyridine rings is 1. The monoisotopic (exact) mass is 432 g/mol. The number of fused-ring (bicyclic) bond motifs is 1. The summed E-state index contributed by atoms with van der Waals surface area (Å²) in [4.78, 5) is 39.8. The number of amides is 2. The third-order valence-corrected chi connectivity index (χ3v) is 5.69. The zero-order chi connectivity index (χ0) is 22.1. The van der Waals surface area contributed by atoms with E-state index in [2.05, 4.69) is 15.6 Å². The van der Waals surface area contributed by atoms with Crippen LogP contribution >= 0.6 is 0 Å². The maximum atomic E-state index is 13.4. The Balaban J connectivity index is 1.49. The lowest BCUT2D eigenvalue weighted by Crippen LogP contribution is -2.46. The van der Waals surface area contributed by atoms with Gasteiger partial charge in [-0.15, -0.1) is 0 Å². The summed E-state index contributed by atoms with van der Waals surface area (Å²) >= 11 is 0. The van der Waals surface area contributed by atoms with E-state index in [1.54, 1.807) is 29.4 Å². The summed E-state index contributed by atoms with van der Waals surface area (Å²) in [6.45, 7) is 0.842. The summed E-state index contributed by atoms with van der Waals surface area (Å²) in [5.74, 6) is 0.582. The van der Waals surface area contributed by atoms with E-state index in [0.29, 0.717) is 49.7 Å². The Morgan fingerprint density at radius 1 is 1.16 bits per heavy atom. The molecular formula is C23H21FN6O2. The molecule has 0 aliphatic carbocycles. The van der Waals surface area contributed by atoms with E-state index in [4.69, 9.17) is 9.97 Å². The molecule has 1 fully saturated rings. The highest BCUT2D eigenvalue weighted by Crippen LogP contribution is 2.30. The fourth-order valence-electron chi connectivity index (χ4n) is 4.02. The van der Waals surface area contributed by atoms with Gasteiger partial charge in [-0.2, -0.15) is 0 Å². The Kier molecular flexibility index (Phi) is 5.22. The molecule has 0 spiro atoms. The van der Waals surface area contributed by atoms with Crippen molar-refractivity contribution in [1.29, 1.82) is 0 Å². The normalized spacial score (nSPS) is 17.6. The smallest absolute Gasteiger partial charge is 0.245 e. The molecule has 32 heavy (non-hydrogen) atoms. The van der Waals surface area contributed by atoms with Gasteiger partial charge in [0.25, 0.3) is 0 Å². The van der Waals surface area contributed by atoms with E-state index in [-0.39, 0.29) is 17.6 Å². The molecule has 1 atom stereocenters. The maximum Gasteiger partial charge on any atom is 0.245 e. The second kappa shape index (κ2) is 8.33. The van der Waals surface area contributed by atoms with Crippen LogP contribution < -0.4 is 10.6 Å². The molecule has 2 N–H and O–H groups in total. The van der Waals surface area contributed by atoms with Crippen LogP contribution in [0.5, 0.6) is 0 Å². The molecule has 1 unspecified atom stereocenters. The molecule has 9 heteroatoms. The number of hydrogen-bond acceptors (Lipinski definition) is 6. The predicted octanol–water partition coefficient (Wildman–Crippen LogP) is 2.58. The number of nitrogens with zero attached hydrogens (tertiary/aromatic N) is 4. The van der Waals surface area contributed by atoms with Gasteiger partial charge in [-0.3, -0.25) is 14.6 Å². The van der Waals surface area contributed by atoms with Crippen molar-refractivity contribution >= 4 is 23.3 Å². The Morgan fingerprint density at radius 3 is 2.72 bits per heavy atom. The number of nitrogens with one attached hydrogen (secondary N) is 2. The van der Waals surface area contributed by atoms with Crippen LogP contribution in [0.3, 0.4) is 0 Å². The van der Waals surface area contributed by atoms with Crippen LogP contribution in [0.15, 0.2) is 48.8 Å². The van der Waals surface area contributed by atoms with Crippen LogP contribution in [0, 0.1) is 5.82 Å². The van der Waals surface area contributed by atoms with Crippen molar-refractivity contribution in [3.63, 3.8) is 0 Å². The summed E-state index contributed by atoms with van der Waals surface area (Å²) in [7, 11) is 0. The number of rotatable bonds is 4. The summed E-state index contributed by atoms with van der Waals surface area (Å²) in [5.41, 5.74) is 3.12. The second-order valence-electron chi connectivity index (χ2n) is 7.86. The molecular weight excluding hydrogens is 411 g/mol. The van der Waals surface area contributed by atoms with Gasteiger partial charge in [0.15, 0.2) is 5.82 Å². The van der Waals surface area contributed by atoms with Crippen molar-refractivity contribution in [3.8, 4) is 11.4 Å². The highest BCUT2D eigenvalue weighted by molar-refractivity contribution is 5.91. The molecule has 0 radical (unpaired) electrons. The van der Waals surface area contributed by atoms with E-state index in [0.717, 1.165) is 16.8 Å². The molecule has 4 heterocycles. The lowest BCUT2D eigenvalue weighted by molar-refractivity contribution is -0.135. The van der Waals surface area contributed by atoms with Crippen molar-refractivity contribution in [2.75, 3.05) is 11.9 Å². The first kappa shape index (κ1) is 20.0. The van der Waals surface area contributed by atoms with Crippen LogP contribution in [0.2, 0.25) is 0 Å². The third kappa shape index (κ3) is 4.01. The summed E-state index contributed by atoms with van der Waals surface area (Å²) in [6, 6.07) is 9.24. The first-order chi connectivity index (χ1) is 15.6. The third-order valence-electron chi connectivity index (χ3n) is 5.69. The van der Waals surface area contributed by atoms with Crippen LogP contribution in [0.25, 0.3) is 11.4 Å². The Morgan fingerprint density at radius 2 is 2.00 bits per heavy atom. The van der Waals surface area contributed by atoms with E-state index in [1.807, 2.05) is 12.1 Å². The van der Waals surface area contributed by atoms with Crippen molar-refractivity contribution in [2.45, 2.75) is 31.8 Å². The molecule has 2 amide bonds. The number of hydrogen-bond donors (Lipinski definition) is 2. The average molecular weight is 432 g/mol. The molecule has 0 saturated carbocycles. The van der Waals surface area contributed by atoms with E-state index in [1.165, 1.54) is 12.1 Å². The van der Waals surface area contributed by atoms with E-state index in [9.17, 15) is 14.0 Å². The largest absolute Gasteiger partial charge is 0.344 e. The van der Waals surface area contributed by atoms with Gasteiger partial charge in [-0.1, -0.05) is 0 Å². The molecule has 162 valence electrons. The molecule has 2 aliphatic heterocycles. The van der Waals surface area contributed by atoms with Crippen molar-refractivity contribution < 1.29 is 14.0 Å². The van der Waals surface area contributed by atoms with Crippen molar-refractivity contribution in [1.82, 2.24) is 25.2 Å². The van der Waals surface area contributed by atoms with Gasteiger partial charge in [0.1, 0.15) is 17.7 Å². The first-order valence-corrected chi connectivity index (χ1v) is 10.5. The zero-order valence-electron chi connectivity index (χ0n) is 17.2. The Labute approximate surface area is 183 Å². The van der Waals surface area contributed by atoms with Gasteiger partial charge in [0.2, 0.25) is 11.8 Å². The molecule has 8 nitrogen and oxygen atoms in total. The van der Waals surface area contributed by atoms with Crippen molar-refractivity contribution in [2.24, 2.45) is 0 Å². The standard InChI is InChI=1S/C23H21FN6O2/c24-15-3-5-16(6-4-15)26-22-17-13-30(23(32)19-7-8-20(31)27-19)11-9-18(17)28-21(29-22)14-2-1-10-25-12-14/h1-6,10,12,19H,7-9,11,13H2,(H,27,31)(H,26,28,29). The van der Waals surface area contributed by atoms with Gasteiger partial charge in [0, 0.05) is 48.6 Å². The number of carbonyl (C=O) groups excluding carboxylic acids is 2. The minimum Gasteiger partial charge on any atom is -0.344 e. The summed E-state index contributed by atoms with van der Waals surface area (Å²) in [5, 5.41) is 6.01. The number of benzene rings is 1. The Hall–Kier alpha value is -3.88. The lowest BCUT2D eigenvalue weighted by Gasteiger charge is -2.31. The molecule has 5 rings (SSSR count). The van der Waals surface area contributed by atoms with Gasteiger partial charge < -0.3 is 15.5 Å².